The van der Waals surface area contributed by atoms with E-state index in [-0.39, 0.29) is 5.01 Å². The minimum atomic E-state index is -0.553. The van der Waals surface area contributed by atoms with Crippen molar-refractivity contribution < 1.29 is 4.79 Å². The van der Waals surface area contributed by atoms with Crippen molar-refractivity contribution in [2.24, 2.45) is 11.5 Å². The van der Waals surface area contributed by atoms with Crippen LogP contribution in [-0.2, 0) is 6.54 Å². The molecule has 0 aliphatic rings. The predicted molar refractivity (Wildman–Crippen MR) is 61.8 cm³/mol. The summed E-state index contributed by atoms with van der Waals surface area (Å²) in [6, 6.07) is 7.63. The first-order valence-electron chi connectivity index (χ1n) is 4.63. The standard InChI is InChI=1S/C10H10N4OS/c11-5-6-1-3-7(4-2-6)9-13-14-10(16-9)8(12)15/h1-4H,5,11H2,(H2,12,15). The molecular formula is C10H10N4OS. The van der Waals surface area contributed by atoms with Crippen LogP contribution in [-0.4, -0.2) is 16.1 Å². The molecule has 2 aromatic rings. The fourth-order valence-electron chi connectivity index (χ4n) is 1.22. The minimum absolute atomic E-state index is 0.220. The van der Waals surface area contributed by atoms with Crippen molar-refractivity contribution in [3.8, 4) is 10.6 Å². The Kier molecular flexibility index (Phi) is 2.93. The summed E-state index contributed by atoms with van der Waals surface area (Å²) in [6.07, 6.45) is 0. The number of amides is 1. The minimum Gasteiger partial charge on any atom is -0.363 e. The van der Waals surface area contributed by atoms with Crippen LogP contribution in [0, 0.1) is 0 Å². The Hall–Kier alpha value is -1.79. The van der Waals surface area contributed by atoms with Gasteiger partial charge < -0.3 is 11.5 Å². The van der Waals surface area contributed by atoms with Crippen molar-refractivity contribution in [3.05, 3.63) is 34.8 Å². The monoisotopic (exact) mass is 234 g/mol. The molecule has 1 heterocycles. The molecule has 0 atom stereocenters. The lowest BCUT2D eigenvalue weighted by atomic mass is 10.1. The van der Waals surface area contributed by atoms with E-state index in [0.717, 1.165) is 11.1 Å². The molecule has 0 bridgehead atoms. The molecule has 0 spiro atoms. The second-order valence-corrected chi connectivity index (χ2v) is 4.16. The van der Waals surface area contributed by atoms with Crippen molar-refractivity contribution in [1.82, 2.24) is 10.2 Å². The Bertz CT molecular complexity index is 506. The third-order valence-corrected chi connectivity index (χ3v) is 3.06. The number of nitrogens with zero attached hydrogens (tertiary/aromatic N) is 2. The van der Waals surface area contributed by atoms with Crippen molar-refractivity contribution in [2.75, 3.05) is 0 Å². The number of benzene rings is 1. The number of carbonyl (C=O) groups excluding carboxylic acids is 1. The Morgan fingerprint density at radius 3 is 2.44 bits per heavy atom. The topological polar surface area (TPSA) is 94.9 Å². The molecule has 1 aromatic heterocycles. The summed E-state index contributed by atoms with van der Waals surface area (Å²) < 4.78 is 0. The molecule has 6 heteroatoms. The second-order valence-electron chi connectivity index (χ2n) is 3.18. The van der Waals surface area contributed by atoms with Crippen LogP contribution < -0.4 is 11.5 Å². The van der Waals surface area contributed by atoms with Crippen molar-refractivity contribution in [2.45, 2.75) is 6.54 Å². The van der Waals surface area contributed by atoms with Crippen LogP contribution in [0.1, 0.15) is 15.4 Å². The first-order valence-corrected chi connectivity index (χ1v) is 5.45. The second kappa shape index (κ2) is 4.38. The summed E-state index contributed by atoms with van der Waals surface area (Å²) in [6.45, 7) is 0.503. The van der Waals surface area contributed by atoms with Gasteiger partial charge in [-0.15, -0.1) is 10.2 Å². The molecule has 2 rings (SSSR count). The highest BCUT2D eigenvalue weighted by molar-refractivity contribution is 7.16. The SMILES string of the molecule is NCc1ccc(-c2nnc(C(N)=O)s2)cc1. The molecule has 0 unspecified atom stereocenters. The van der Waals surface area contributed by atoms with E-state index in [0.29, 0.717) is 11.6 Å². The van der Waals surface area contributed by atoms with E-state index < -0.39 is 5.91 Å². The average molecular weight is 234 g/mol. The molecule has 1 amide bonds. The van der Waals surface area contributed by atoms with Gasteiger partial charge >= 0.3 is 0 Å². The van der Waals surface area contributed by atoms with Crippen molar-refractivity contribution in [3.63, 3.8) is 0 Å². The molecule has 16 heavy (non-hydrogen) atoms. The fourth-order valence-corrected chi connectivity index (χ4v) is 1.92. The Labute approximate surface area is 96.1 Å². The van der Waals surface area contributed by atoms with Crippen LogP contribution in [0.2, 0.25) is 0 Å². The number of aromatic nitrogens is 2. The maximum absolute atomic E-state index is 10.9. The lowest BCUT2D eigenvalue weighted by Crippen LogP contribution is -2.10. The van der Waals surface area contributed by atoms with Gasteiger partial charge in [0.25, 0.3) is 5.91 Å². The molecular weight excluding hydrogens is 224 g/mol. The summed E-state index contributed by atoms with van der Waals surface area (Å²) in [5, 5.41) is 8.50. The van der Waals surface area contributed by atoms with Gasteiger partial charge in [0, 0.05) is 12.1 Å². The third kappa shape index (κ3) is 2.07. The number of nitrogens with two attached hydrogens (primary N) is 2. The van der Waals surface area contributed by atoms with Crippen molar-refractivity contribution >= 4 is 17.2 Å². The molecule has 0 saturated heterocycles. The molecule has 1 aromatic carbocycles. The Morgan fingerprint density at radius 2 is 1.94 bits per heavy atom. The van der Waals surface area contributed by atoms with Crippen LogP contribution in [0.4, 0.5) is 0 Å². The van der Waals surface area contributed by atoms with E-state index >= 15 is 0 Å². The van der Waals surface area contributed by atoms with Crippen LogP contribution in [0.25, 0.3) is 10.6 Å². The van der Waals surface area contributed by atoms with Gasteiger partial charge in [-0.1, -0.05) is 35.6 Å². The molecule has 5 nitrogen and oxygen atoms in total. The molecule has 0 saturated carbocycles. The van der Waals surface area contributed by atoms with Gasteiger partial charge in [-0.3, -0.25) is 4.79 Å². The van der Waals surface area contributed by atoms with E-state index in [9.17, 15) is 4.79 Å². The normalized spacial score (nSPS) is 10.3. The summed E-state index contributed by atoms with van der Waals surface area (Å²) >= 11 is 1.18. The summed E-state index contributed by atoms with van der Waals surface area (Å²) in [5.74, 6) is -0.553. The number of carbonyl (C=O) groups is 1. The molecule has 4 N–H and O–H groups in total. The van der Waals surface area contributed by atoms with Gasteiger partial charge in [-0.2, -0.15) is 0 Å². The molecule has 82 valence electrons. The zero-order chi connectivity index (χ0) is 11.5. The third-order valence-electron chi connectivity index (χ3n) is 2.07. The lowest BCUT2D eigenvalue weighted by Gasteiger charge is -1.97. The smallest absolute Gasteiger partial charge is 0.279 e. The number of hydrogen-bond donors (Lipinski definition) is 2. The maximum atomic E-state index is 10.9. The molecule has 0 radical (unpaired) electrons. The van der Waals surface area contributed by atoms with E-state index in [1.165, 1.54) is 11.3 Å². The van der Waals surface area contributed by atoms with E-state index in [4.69, 9.17) is 11.5 Å². The molecule has 0 aliphatic carbocycles. The zero-order valence-corrected chi connectivity index (χ0v) is 9.20. The predicted octanol–water partition coefficient (Wildman–Crippen LogP) is 0.763. The Morgan fingerprint density at radius 1 is 1.25 bits per heavy atom. The highest BCUT2D eigenvalue weighted by Crippen LogP contribution is 2.23. The van der Waals surface area contributed by atoms with E-state index in [2.05, 4.69) is 10.2 Å². The zero-order valence-electron chi connectivity index (χ0n) is 8.38. The van der Waals surface area contributed by atoms with Gasteiger partial charge in [0.15, 0.2) is 0 Å². The summed E-state index contributed by atoms with van der Waals surface area (Å²) in [4.78, 5) is 10.9. The van der Waals surface area contributed by atoms with Crippen LogP contribution in [0.15, 0.2) is 24.3 Å². The Balaban J connectivity index is 2.31. The van der Waals surface area contributed by atoms with Gasteiger partial charge in [0.1, 0.15) is 5.01 Å². The fraction of sp³-hybridized carbons (Fsp3) is 0.100. The maximum Gasteiger partial charge on any atom is 0.279 e. The van der Waals surface area contributed by atoms with Gasteiger partial charge in [0.2, 0.25) is 5.01 Å². The number of hydrogen-bond acceptors (Lipinski definition) is 5. The van der Waals surface area contributed by atoms with Crippen LogP contribution >= 0.6 is 11.3 Å². The van der Waals surface area contributed by atoms with Gasteiger partial charge in [-0.05, 0) is 5.56 Å². The van der Waals surface area contributed by atoms with E-state index in [1.54, 1.807) is 0 Å². The first kappa shape index (κ1) is 10.7. The van der Waals surface area contributed by atoms with Gasteiger partial charge in [0.05, 0.1) is 0 Å². The highest BCUT2D eigenvalue weighted by atomic mass is 32.1. The average Bonchev–Trinajstić information content (AvgIpc) is 2.78. The number of rotatable bonds is 3. The van der Waals surface area contributed by atoms with Gasteiger partial charge in [-0.25, -0.2) is 0 Å². The van der Waals surface area contributed by atoms with Crippen LogP contribution in [0.3, 0.4) is 0 Å². The quantitative estimate of drug-likeness (QED) is 0.819. The molecule has 0 fully saturated rings. The number of primary amides is 1. The summed E-state index contributed by atoms with van der Waals surface area (Å²) in [5.41, 5.74) is 12.5. The van der Waals surface area contributed by atoms with Crippen LogP contribution in [0.5, 0.6) is 0 Å². The van der Waals surface area contributed by atoms with Crippen molar-refractivity contribution in [1.29, 1.82) is 0 Å². The van der Waals surface area contributed by atoms with E-state index in [1.807, 2.05) is 24.3 Å². The molecule has 0 aliphatic heterocycles. The largest absolute Gasteiger partial charge is 0.363 e. The highest BCUT2D eigenvalue weighted by Gasteiger charge is 2.10. The summed E-state index contributed by atoms with van der Waals surface area (Å²) in [7, 11) is 0. The first-order chi connectivity index (χ1) is 7.70. The lowest BCUT2D eigenvalue weighted by molar-refractivity contribution is 0.0999.